The third-order valence-corrected chi connectivity index (χ3v) is 6.74. The summed E-state index contributed by atoms with van der Waals surface area (Å²) in [5.74, 6) is -3.51. The molecule has 0 radical (unpaired) electrons. The minimum absolute atomic E-state index is 0.300. The van der Waals surface area contributed by atoms with Gasteiger partial charge in [0, 0.05) is 38.6 Å². The third kappa shape index (κ3) is 10.1. The highest BCUT2D eigenvalue weighted by atomic mass is 16.5. The van der Waals surface area contributed by atoms with Crippen LogP contribution in [0.4, 0.5) is 0 Å². The van der Waals surface area contributed by atoms with E-state index in [1.54, 1.807) is 20.4 Å². The summed E-state index contributed by atoms with van der Waals surface area (Å²) in [7, 11) is 3.33. The van der Waals surface area contributed by atoms with Crippen LogP contribution in [0.25, 0.3) is 5.69 Å². The van der Waals surface area contributed by atoms with E-state index in [0.29, 0.717) is 6.10 Å². The predicted molar refractivity (Wildman–Crippen MR) is 153 cm³/mol. The number of rotatable bonds is 14. The number of benzene rings is 2. The number of aliphatic hydroxyl groups is 1. The van der Waals surface area contributed by atoms with Gasteiger partial charge in [-0.2, -0.15) is 5.10 Å². The lowest BCUT2D eigenvalue weighted by Gasteiger charge is -2.26. The largest absolute Gasteiger partial charge is 0.493 e. The molecule has 1 aliphatic heterocycles. The molecule has 0 bridgehead atoms. The highest BCUT2D eigenvalue weighted by Gasteiger charge is 2.40. The minimum atomic E-state index is -2.74. The van der Waals surface area contributed by atoms with E-state index in [1.807, 2.05) is 23.0 Å². The van der Waals surface area contributed by atoms with E-state index in [4.69, 9.17) is 34.6 Å². The molecule has 1 aliphatic rings. The van der Waals surface area contributed by atoms with E-state index in [1.165, 1.54) is 11.1 Å². The monoisotopic (exact) mass is 599 g/mol. The Kier molecular flexibility index (Phi) is 12.0. The second-order valence-corrected chi connectivity index (χ2v) is 10.1. The lowest BCUT2D eigenvalue weighted by atomic mass is 9.96. The first-order chi connectivity index (χ1) is 20.5. The van der Waals surface area contributed by atoms with Crippen molar-refractivity contribution < 1.29 is 49.0 Å². The fraction of sp³-hybridized carbons (Fsp3) is 0.400. The Hall–Kier alpha value is -4.46. The summed E-state index contributed by atoms with van der Waals surface area (Å²) in [5, 5.41) is 38.1. The maximum Gasteiger partial charge on any atom is 0.336 e. The van der Waals surface area contributed by atoms with Gasteiger partial charge in [-0.3, -0.25) is 14.5 Å². The van der Waals surface area contributed by atoms with Gasteiger partial charge in [0.1, 0.15) is 0 Å². The molecule has 2 heterocycles. The molecule has 1 unspecified atom stereocenters. The van der Waals surface area contributed by atoms with Crippen LogP contribution in [0.3, 0.4) is 0 Å². The van der Waals surface area contributed by atoms with Crippen LogP contribution in [0, 0.1) is 0 Å². The molecule has 43 heavy (non-hydrogen) atoms. The number of aliphatic carboxylic acids is 3. The first-order valence-electron chi connectivity index (χ1n) is 13.6. The summed E-state index contributed by atoms with van der Waals surface area (Å²) in [4.78, 5) is 32.9. The Balaban J connectivity index is 0.000000331. The normalized spacial score (nSPS) is 14.6. The van der Waals surface area contributed by atoms with E-state index in [-0.39, 0.29) is 0 Å². The van der Waals surface area contributed by atoms with Gasteiger partial charge in [-0.1, -0.05) is 18.2 Å². The maximum absolute atomic E-state index is 10.3. The average molecular weight is 600 g/mol. The van der Waals surface area contributed by atoms with Crippen LogP contribution in [-0.4, -0.2) is 92.1 Å². The molecule has 3 aromatic rings. The van der Waals surface area contributed by atoms with Crippen LogP contribution >= 0.6 is 0 Å². The van der Waals surface area contributed by atoms with Crippen molar-refractivity contribution in [3.05, 3.63) is 72.1 Å². The molecule has 13 heteroatoms. The van der Waals surface area contributed by atoms with Gasteiger partial charge in [0.2, 0.25) is 0 Å². The molecule has 4 rings (SSSR count). The molecule has 0 amide bonds. The SMILES string of the molecule is COc1ccc(CN(Cc2ccc(-n3cccn3)cc2)CC2CCCO2)cc1OC.O=C(O)CC(O)(CC(=O)O)C(=O)O. The van der Waals surface area contributed by atoms with Gasteiger partial charge in [-0.25, -0.2) is 9.48 Å². The number of carboxylic acid groups (broad SMARTS) is 3. The Labute approximate surface area is 248 Å². The predicted octanol–water partition coefficient (Wildman–Crippen LogP) is 2.82. The molecule has 232 valence electrons. The molecular weight excluding hydrogens is 562 g/mol. The van der Waals surface area contributed by atoms with Crippen LogP contribution in [-0.2, 0) is 32.2 Å². The van der Waals surface area contributed by atoms with Crippen LogP contribution < -0.4 is 9.47 Å². The molecule has 1 saturated heterocycles. The zero-order chi connectivity index (χ0) is 31.4. The van der Waals surface area contributed by atoms with Gasteiger partial charge in [0.25, 0.3) is 0 Å². The van der Waals surface area contributed by atoms with E-state index < -0.39 is 36.4 Å². The molecule has 1 atom stereocenters. The number of hydrogen-bond acceptors (Lipinski definition) is 9. The van der Waals surface area contributed by atoms with Crippen LogP contribution in [0.15, 0.2) is 60.9 Å². The third-order valence-electron chi connectivity index (χ3n) is 6.74. The first kappa shape index (κ1) is 33.0. The number of methoxy groups -OCH3 is 2. The van der Waals surface area contributed by atoms with Gasteiger partial charge in [-0.15, -0.1) is 0 Å². The van der Waals surface area contributed by atoms with Crippen LogP contribution in [0.5, 0.6) is 11.5 Å². The summed E-state index contributed by atoms with van der Waals surface area (Å²) in [6.45, 7) is 3.46. The zero-order valence-electron chi connectivity index (χ0n) is 24.1. The molecule has 0 aliphatic carbocycles. The van der Waals surface area contributed by atoms with Gasteiger partial charge < -0.3 is 34.6 Å². The second-order valence-electron chi connectivity index (χ2n) is 10.1. The van der Waals surface area contributed by atoms with Crippen molar-refractivity contribution in [1.29, 1.82) is 0 Å². The Morgan fingerprint density at radius 2 is 1.60 bits per heavy atom. The van der Waals surface area contributed by atoms with Crippen molar-refractivity contribution in [3.8, 4) is 17.2 Å². The minimum Gasteiger partial charge on any atom is -0.493 e. The number of ether oxygens (including phenoxy) is 3. The van der Waals surface area contributed by atoms with Crippen molar-refractivity contribution in [3.63, 3.8) is 0 Å². The molecule has 1 fully saturated rings. The summed E-state index contributed by atoms with van der Waals surface area (Å²) in [6, 6.07) is 16.6. The van der Waals surface area contributed by atoms with Gasteiger partial charge in [0.05, 0.1) is 38.9 Å². The lowest BCUT2D eigenvalue weighted by Crippen LogP contribution is -2.42. The van der Waals surface area contributed by atoms with E-state index in [2.05, 4.69) is 46.4 Å². The quantitative estimate of drug-likeness (QED) is 0.213. The number of carboxylic acids is 3. The summed E-state index contributed by atoms with van der Waals surface area (Å²) >= 11 is 0. The summed E-state index contributed by atoms with van der Waals surface area (Å²) in [5.41, 5.74) is 0.787. The fourth-order valence-electron chi connectivity index (χ4n) is 4.65. The number of nitrogens with zero attached hydrogens (tertiary/aromatic N) is 3. The molecule has 4 N–H and O–H groups in total. The fourth-order valence-corrected chi connectivity index (χ4v) is 4.65. The number of carbonyl (C=O) groups is 3. The second kappa shape index (κ2) is 15.7. The van der Waals surface area contributed by atoms with Gasteiger partial charge in [-0.05, 0) is 54.3 Å². The summed E-state index contributed by atoms with van der Waals surface area (Å²) in [6.07, 6.45) is 4.03. The topological polar surface area (TPSA) is 181 Å². The van der Waals surface area contributed by atoms with Gasteiger partial charge >= 0.3 is 17.9 Å². The van der Waals surface area contributed by atoms with Crippen LogP contribution in [0.2, 0.25) is 0 Å². The molecule has 0 spiro atoms. The Bertz CT molecular complexity index is 1320. The Morgan fingerprint density at radius 1 is 0.977 bits per heavy atom. The smallest absolute Gasteiger partial charge is 0.336 e. The lowest BCUT2D eigenvalue weighted by molar-refractivity contribution is -0.170. The van der Waals surface area contributed by atoms with Crippen molar-refractivity contribution in [2.24, 2.45) is 0 Å². The Morgan fingerprint density at radius 3 is 2.12 bits per heavy atom. The molecule has 1 aromatic heterocycles. The van der Waals surface area contributed by atoms with Crippen molar-refractivity contribution in [2.45, 2.75) is 50.5 Å². The maximum atomic E-state index is 10.3. The van der Waals surface area contributed by atoms with Crippen LogP contribution in [0.1, 0.15) is 36.8 Å². The van der Waals surface area contributed by atoms with E-state index in [0.717, 1.165) is 56.3 Å². The van der Waals surface area contributed by atoms with E-state index in [9.17, 15) is 14.4 Å². The number of hydrogen-bond donors (Lipinski definition) is 4. The standard InChI is InChI=1S/C24H29N3O3.C6H8O7/c1-28-23-11-8-20(15-24(23)29-2)17-26(18-22-5-3-14-30-22)16-19-6-9-21(10-7-19)27-13-4-12-25-27;7-3(8)1-6(13,5(11)12)2-4(9)10/h4,6-13,15,22H,3,5,14,16-18H2,1-2H3;13H,1-2H2,(H,7,8)(H,9,10)(H,11,12). The molecule has 0 saturated carbocycles. The average Bonchev–Trinajstić information content (AvgIpc) is 3.68. The van der Waals surface area contributed by atoms with Gasteiger partial charge in [0.15, 0.2) is 17.1 Å². The molecular formula is C30H37N3O10. The van der Waals surface area contributed by atoms with Crippen molar-refractivity contribution >= 4 is 17.9 Å². The molecule has 2 aromatic carbocycles. The number of aromatic nitrogens is 2. The molecule has 13 nitrogen and oxygen atoms in total. The first-order valence-corrected chi connectivity index (χ1v) is 13.6. The van der Waals surface area contributed by atoms with Crippen molar-refractivity contribution in [2.75, 3.05) is 27.4 Å². The zero-order valence-corrected chi connectivity index (χ0v) is 24.1. The highest BCUT2D eigenvalue weighted by Crippen LogP contribution is 2.28. The van der Waals surface area contributed by atoms with Crippen molar-refractivity contribution in [1.82, 2.24) is 14.7 Å². The summed E-state index contributed by atoms with van der Waals surface area (Å²) < 4.78 is 18.6. The van der Waals surface area contributed by atoms with E-state index >= 15 is 0 Å². The highest BCUT2D eigenvalue weighted by molar-refractivity contribution is 5.88.